The fourth-order valence-electron chi connectivity index (χ4n) is 3.64. The molecule has 0 saturated heterocycles. The maximum absolute atomic E-state index is 9.67. The number of aryl methyl sites for hydroxylation is 1. The first kappa shape index (κ1) is 15.6. The zero-order valence-electron chi connectivity index (χ0n) is 14.2. The number of nitrogens with zero attached hydrogens (tertiary/aromatic N) is 1. The van der Waals surface area contributed by atoms with Crippen molar-refractivity contribution in [3.8, 4) is 11.5 Å². The highest BCUT2D eigenvalue weighted by atomic mass is 16.5. The van der Waals surface area contributed by atoms with E-state index < -0.39 is 0 Å². The maximum atomic E-state index is 9.67. The van der Waals surface area contributed by atoms with Crippen LogP contribution in [0.3, 0.4) is 0 Å². The first-order valence-electron chi connectivity index (χ1n) is 8.56. The van der Waals surface area contributed by atoms with Crippen molar-refractivity contribution in [2.24, 2.45) is 0 Å². The van der Waals surface area contributed by atoms with E-state index in [1.54, 1.807) is 19.2 Å². The fourth-order valence-corrected chi connectivity index (χ4v) is 3.64. The second-order valence-corrected chi connectivity index (χ2v) is 6.35. The normalized spacial score (nSPS) is 16.4. The average molecular weight is 331 g/mol. The van der Waals surface area contributed by atoms with Crippen molar-refractivity contribution in [2.75, 3.05) is 12.0 Å². The lowest BCUT2D eigenvalue weighted by Crippen LogP contribution is -2.29. The van der Waals surface area contributed by atoms with Gasteiger partial charge < -0.3 is 14.7 Å². The summed E-state index contributed by atoms with van der Waals surface area (Å²) in [5.41, 5.74) is 4.88. The van der Waals surface area contributed by atoms with E-state index in [-0.39, 0.29) is 11.8 Å². The van der Waals surface area contributed by atoms with Crippen LogP contribution in [0.1, 0.15) is 23.6 Å². The lowest BCUT2D eigenvalue weighted by atomic mass is 9.90. The zero-order valence-corrected chi connectivity index (χ0v) is 14.2. The predicted molar refractivity (Wildman–Crippen MR) is 101 cm³/mol. The molecule has 126 valence electrons. The number of rotatable bonds is 3. The van der Waals surface area contributed by atoms with Gasteiger partial charge in [0.15, 0.2) is 0 Å². The molecular weight excluding hydrogens is 310 g/mol. The van der Waals surface area contributed by atoms with Gasteiger partial charge in [0.1, 0.15) is 11.5 Å². The monoisotopic (exact) mass is 331 g/mol. The van der Waals surface area contributed by atoms with Gasteiger partial charge in [0.2, 0.25) is 0 Å². The Morgan fingerprint density at radius 1 is 0.960 bits per heavy atom. The first-order chi connectivity index (χ1) is 12.3. The Hall–Kier alpha value is -2.94. The van der Waals surface area contributed by atoms with Gasteiger partial charge in [-0.15, -0.1) is 0 Å². The molecule has 0 amide bonds. The maximum Gasteiger partial charge on any atom is 0.119 e. The highest BCUT2D eigenvalue weighted by Gasteiger charge is 2.29. The Morgan fingerprint density at radius 2 is 1.72 bits per heavy atom. The molecule has 0 radical (unpaired) electrons. The van der Waals surface area contributed by atoms with Crippen LogP contribution in [0, 0.1) is 0 Å². The van der Waals surface area contributed by atoms with E-state index in [4.69, 9.17) is 4.74 Å². The molecule has 1 N–H and O–H groups in total. The molecule has 3 nitrogen and oxygen atoms in total. The number of methoxy groups -OCH3 is 1. The summed E-state index contributed by atoms with van der Waals surface area (Å²) in [7, 11) is 1.70. The van der Waals surface area contributed by atoms with Crippen LogP contribution in [0.5, 0.6) is 11.5 Å². The van der Waals surface area contributed by atoms with Crippen molar-refractivity contribution >= 4 is 11.4 Å². The number of hydrogen-bond donors (Lipinski definition) is 1. The van der Waals surface area contributed by atoms with E-state index >= 15 is 0 Å². The largest absolute Gasteiger partial charge is 0.508 e. The van der Waals surface area contributed by atoms with Crippen molar-refractivity contribution in [3.63, 3.8) is 0 Å². The molecule has 0 spiro atoms. The molecular formula is C22H21NO2. The summed E-state index contributed by atoms with van der Waals surface area (Å²) in [6.07, 6.45) is 2.05. The molecule has 0 aliphatic carbocycles. The molecule has 0 saturated carbocycles. The predicted octanol–water partition coefficient (Wildman–Crippen LogP) is 5.23. The molecule has 3 aromatic carbocycles. The fraction of sp³-hybridized carbons (Fsp3) is 0.182. The second-order valence-electron chi connectivity index (χ2n) is 6.35. The Balaban J connectivity index is 1.84. The third-order valence-corrected chi connectivity index (χ3v) is 4.86. The standard InChI is InChI=1S/C22H21NO2/c1-25-20-12-14-22-17(15-20)7-13-21(16-5-3-2-4-6-16)23(22)18-8-10-19(24)11-9-18/h2-6,8-12,14-15,21,24H,7,13H2,1H3. The summed E-state index contributed by atoms with van der Waals surface area (Å²) in [4.78, 5) is 2.37. The molecule has 1 aliphatic heterocycles. The molecule has 1 unspecified atom stereocenters. The number of hydrogen-bond acceptors (Lipinski definition) is 3. The van der Waals surface area contributed by atoms with Crippen molar-refractivity contribution < 1.29 is 9.84 Å². The summed E-state index contributed by atoms with van der Waals surface area (Å²) < 4.78 is 5.40. The van der Waals surface area contributed by atoms with E-state index in [1.165, 1.54) is 16.8 Å². The third-order valence-electron chi connectivity index (χ3n) is 4.86. The first-order valence-corrected chi connectivity index (χ1v) is 8.56. The van der Waals surface area contributed by atoms with Gasteiger partial charge in [-0.2, -0.15) is 0 Å². The van der Waals surface area contributed by atoms with E-state index in [9.17, 15) is 5.11 Å². The third kappa shape index (κ3) is 2.93. The number of fused-ring (bicyclic) bond motifs is 1. The van der Waals surface area contributed by atoms with Crippen molar-refractivity contribution in [3.05, 3.63) is 83.9 Å². The smallest absolute Gasteiger partial charge is 0.119 e. The van der Waals surface area contributed by atoms with Gasteiger partial charge in [0.05, 0.1) is 13.2 Å². The second kappa shape index (κ2) is 6.52. The topological polar surface area (TPSA) is 32.7 Å². The SMILES string of the molecule is COc1ccc2c(c1)CCC(c1ccccc1)N2c1ccc(O)cc1. The number of phenolic OH excluding ortho intramolecular Hbond substituents is 1. The molecule has 25 heavy (non-hydrogen) atoms. The molecule has 1 heterocycles. The van der Waals surface area contributed by atoms with E-state index in [2.05, 4.69) is 47.4 Å². The minimum Gasteiger partial charge on any atom is -0.508 e. The highest BCUT2D eigenvalue weighted by molar-refractivity contribution is 5.71. The van der Waals surface area contributed by atoms with Crippen LogP contribution >= 0.6 is 0 Å². The molecule has 3 aromatic rings. The van der Waals surface area contributed by atoms with Gasteiger partial charge in [0, 0.05) is 11.4 Å². The van der Waals surface area contributed by atoms with Crippen LogP contribution in [0.25, 0.3) is 0 Å². The summed E-state index contributed by atoms with van der Waals surface area (Å²) in [6, 6.07) is 24.6. The molecule has 3 heteroatoms. The number of anilines is 2. The van der Waals surface area contributed by atoms with Gasteiger partial charge in [0.25, 0.3) is 0 Å². The van der Waals surface area contributed by atoms with Crippen LogP contribution in [0.2, 0.25) is 0 Å². The summed E-state index contributed by atoms with van der Waals surface area (Å²) in [6.45, 7) is 0. The highest BCUT2D eigenvalue weighted by Crippen LogP contribution is 2.44. The number of phenols is 1. The van der Waals surface area contributed by atoms with Crippen LogP contribution in [0.4, 0.5) is 11.4 Å². The Morgan fingerprint density at radius 3 is 2.44 bits per heavy atom. The number of aromatic hydroxyl groups is 1. The molecule has 4 rings (SSSR count). The lowest BCUT2D eigenvalue weighted by Gasteiger charge is -2.39. The van der Waals surface area contributed by atoms with Gasteiger partial charge in [-0.05, 0) is 66.4 Å². The Bertz CT molecular complexity index is 859. The molecule has 1 atom stereocenters. The van der Waals surface area contributed by atoms with E-state index in [1.807, 2.05) is 18.2 Å². The van der Waals surface area contributed by atoms with Gasteiger partial charge in [-0.3, -0.25) is 0 Å². The van der Waals surface area contributed by atoms with Crippen LogP contribution < -0.4 is 9.64 Å². The minimum absolute atomic E-state index is 0.270. The van der Waals surface area contributed by atoms with Crippen LogP contribution in [-0.2, 0) is 6.42 Å². The lowest BCUT2D eigenvalue weighted by molar-refractivity contribution is 0.413. The van der Waals surface area contributed by atoms with Gasteiger partial charge in [-0.25, -0.2) is 0 Å². The minimum atomic E-state index is 0.270. The van der Waals surface area contributed by atoms with Gasteiger partial charge >= 0.3 is 0 Å². The van der Waals surface area contributed by atoms with Gasteiger partial charge in [-0.1, -0.05) is 30.3 Å². The van der Waals surface area contributed by atoms with Crippen LogP contribution in [0.15, 0.2) is 72.8 Å². The van der Waals surface area contributed by atoms with Crippen molar-refractivity contribution in [1.82, 2.24) is 0 Å². The van der Waals surface area contributed by atoms with Crippen LogP contribution in [-0.4, -0.2) is 12.2 Å². The molecule has 0 bridgehead atoms. The van der Waals surface area contributed by atoms with Crippen molar-refractivity contribution in [1.29, 1.82) is 0 Å². The molecule has 0 aromatic heterocycles. The molecule has 1 aliphatic rings. The van der Waals surface area contributed by atoms with E-state index in [0.29, 0.717) is 0 Å². The Kier molecular flexibility index (Phi) is 4.06. The van der Waals surface area contributed by atoms with E-state index in [0.717, 1.165) is 24.3 Å². The van der Waals surface area contributed by atoms with Crippen molar-refractivity contribution in [2.45, 2.75) is 18.9 Å². The molecule has 0 fully saturated rings. The zero-order chi connectivity index (χ0) is 17.2. The number of benzene rings is 3. The quantitative estimate of drug-likeness (QED) is 0.713. The number of ether oxygens (including phenoxy) is 1. The Labute approximate surface area is 148 Å². The summed E-state index contributed by atoms with van der Waals surface area (Å²) >= 11 is 0. The summed E-state index contributed by atoms with van der Waals surface area (Å²) in [5.74, 6) is 1.18. The average Bonchev–Trinajstić information content (AvgIpc) is 2.68. The summed E-state index contributed by atoms with van der Waals surface area (Å²) in [5, 5.41) is 9.67.